The van der Waals surface area contributed by atoms with Crippen molar-refractivity contribution < 1.29 is 18.3 Å². The van der Waals surface area contributed by atoms with E-state index in [1.165, 1.54) is 12.1 Å². The van der Waals surface area contributed by atoms with Crippen molar-refractivity contribution in [3.8, 4) is 0 Å². The number of hydrogen-bond acceptors (Lipinski definition) is 3. The summed E-state index contributed by atoms with van der Waals surface area (Å²) >= 11 is 0. The third-order valence-corrected chi connectivity index (χ3v) is 4.86. The van der Waals surface area contributed by atoms with Crippen LogP contribution in [-0.4, -0.2) is 25.5 Å². The Hall–Kier alpha value is -1.40. The molecule has 0 heterocycles. The smallest absolute Gasteiger partial charge is 0.322 e. The Morgan fingerprint density at radius 2 is 1.80 bits per heavy atom. The molecule has 2 N–H and O–H groups in total. The molecule has 112 valence electrons. The molecule has 0 aliphatic heterocycles. The molecule has 0 spiro atoms. The number of carbonyl (C=O) groups is 1. The van der Waals surface area contributed by atoms with Gasteiger partial charge >= 0.3 is 5.97 Å². The number of sulfonamides is 1. The summed E-state index contributed by atoms with van der Waals surface area (Å²) in [6, 6.07) is 5.34. The quantitative estimate of drug-likeness (QED) is 0.807. The van der Waals surface area contributed by atoms with Gasteiger partial charge in [0.05, 0.1) is 4.90 Å². The molecule has 0 bridgehead atoms. The fourth-order valence-electron chi connectivity index (χ4n) is 1.79. The van der Waals surface area contributed by atoms with Gasteiger partial charge in [0, 0.05) is 0 Å². The number of carboxylic acid groups (broad SMARTS) is 1. The molecule has 1 aromatic carbocycles. The van der Waals surface area contributed by atoms with Gasteiger partial charge in [0.1, 0.15) is 6.04 Å². The van der Waals surface area contributed by atoms with E-state index in [2.05, 4.69) is 4.72 Å². The monoisotopic (exact) mass is 299 g/mol. The van der Waals surface area contributed by atoms with Crippen LogP contribution >= 0.6 is 0 Å². The standard InChI is InChI=1S/C14H21NO4S/c1-4-10(3)13(14(16)17)15-20(18,19)12-8-6-11(5-2)7-9-12/h6-10,13,15H,4-5H2,1-3H3,(H,16,17)/t10-,13-/m0/s1. The van der Waals surface area contributed by atoms with E-state index in [0.717, 1.165) is 12.0 Å². The summed E-state index contributed by atoms with van der Waals surface area (Å²) in [6.45, 7) is 5.51. The Morgan fingerprint density at radius 1 is 1.25 bits per heavy atom. The lowest BCUT2D eigenvalue weighted by Crippen LogP contribution is -2.44. The SMILES string of the molecule is CCc1ccc(S(=O)(=O)N[C@H](C(=O)O)[C@@H](C)CC)cc1. The summed E-state index contributed by atoms with van der Waals surface area (Å²) < 4.78 is 26.7. The van der Waals surface area contributed by atoms with Gasteiger partial charge in [0.25, 0.3) is 0 Å². The van der Waals surface area contributed by atoms with Crippen molar-refractivity contribution in [3.05, 3.63) is 29.8 Å². The Morgan fingerprint density at radius 3 is 2.20 bits per heavy atom. The Balaban J connectivity index is 3.00. The molecule has 0 radical (unpaired) electrons. The lowest BCUT2D eigenvalue weighted by Gasteiger charge is -2.20. The van der Waals surface area contributed by atoms with Crippen LogP contribution in [0.1, 0.15) is 32.8 Å². The Bertz CT molecular complexity index is 551. The Labute approximate surface area is 120 Å². The zero-order valence-electron chi connectivity index (χ0n) is 12.0. The van der Waals surface area contributed by atoms with Gasteiger partial charge in [-0.2, -0.15) is 4.72 Å². The van der Waals surface area contributed by atoms with Gasteiger partial charge in [-0.15, -0.1) is 0 Å². The van der Waals surface area contributed by atoms with Gasteiger partial charge in [0.15, 0.2) is 0 Å². The van der Waals surface area contributed by atoms with E-state index in [1.54, 1.807) is 19.1 Å². The van der Waals surface area contributed by atoms with Gasteiger partial charge in [-0.3, -0.25) is 4.79 Å². The molecule has 0 unspecified atom stereocenters. The first-order chi connectivity index (χ1) is 9.31. The molecular formula is C14H21NO4S. The van der Waals surface area contributed by atoms with E-state index in [9.17, 15) is 13.2 Å². The number of hydrogen-bond donors (Lipinski definition) is 2. The average molecular weight is 299 g/mol. The lowest BCUT2D eigenvalue weighted by atomic mass is 10.0. The average Bonchev–Trinajstić information content (AvgIpc) is 2.43. The molecule has 6 heteroatoms. The minimum absolute atomic E-state index is 0.0873. The summed E-state index contributed by atoms with van der Waals surface area (Å²) in [7, 11) is -3.82. The molecule has 0 saturated carbocycles. The molecule has 1 aromatic rings. The summed E-state index contributed by atoms with van der Waals surface area (Å²) in [4.78, 5) is 11.3. The fourth-order valence-corrected chi connectivity index (χ4v) is 3.08. The predicted molar refractivity (Wildman–Crippen MR) is 77.0 cm³/mol. The van der Waals surface area contributed by atoms with E-state index in [-0.39, 0.29) is 10.8 Å². The number of benzene rings is 1. The molecule has 20 heavy (non-hydrogen) atoms. The van der Waals surface area contributed by atoms with Crippen molar-refractivity contribution in [2.24, 2.45) is 5.92 Å². The minimum atomic E-state index is -3.82. The molecule has 0 fully saturated rings. The zero-order valence-corrected chi connectivity index (χ0v) is 12.8. The van der Waals surface area contributed by atoms with E-state index in [0.29, 0.717) is 6.42 Å². The van der Waals surface area contributed by atoms with Crippen LogP contribution in [0.2, 0.25) is 0 Å². The molecular weight excluding hydrogens is 278 g/mol. The van der Waals surface area contributed by atoms with E-state index in [4.69, 9.17) is 5.11 Å². The highest BCUT2D eigenvalue weighted by molar-refractivity contribution is 7.89. The van der Waals surface area contributed by atoms with Crippen molar-refractivity contribution in [1.29, 1.82) is 0 Å². The van der Waals surface area contributed by atoms with Crippen molar-refractivity contribution in [1.82, 2.24) is 4.72 Å². The first-order valence-corrected chi connectivity index (χ1v) is 8.14. The van der Waals surface area contributed by atoms with Crippen LogP contribution in [0, 0.1) is 5.92 Å². The second-order valence-corrected chi connectivity index (χ2v) is 6.53. The summed E-state index contributed by atoms with van der Waals surface area (Å²) in [5, 5.41) is 9.14. The zero-order chi connectivity index (χ0) is 15.3. The third kappa shape index (κ3) is 4.05. The van der Waals surface area contributed by atoms with Crippen molar-refractivity contribution >= 4 is 16.0 Å². The van der Waals surface area contributed by atoms with Gasteiger partial charge in [-0.1, -0.05) is 39.3 Å². The molecule has 0 aliphatic rings. The maximum Gasteiger partial charge on any atom is 0.322 e. The summed E-state index contributed by atoms with van der Waals surface area (Å²) in [6.07, 6.45) is 1.40. The number of carboxylic acids is 1. The minimum Gasteiger partial charge on any atom is -0.480 e. The molecule has 0 amide bonds. The van der Waals surface area contributed by atoms with Gasteiger partial charge in [-0.05, 0) is 30.0 Å². The van der Waals surface area contributed by atoms with Gasteiger partial charge in [0.2, 0.25) is 10.0 Å². The number of aryl methyl sites for hydroxylation is 1. The largest absolute Gasteiger partial charge is 0.480 e. The molecule has 2 atom stereocenters. The van der Waals surface area contributed by atoms with Crippen LogP contribution in [0.5, 0.6) is 0 Å². The highest BCUT2D eigenvalue weighted by Gasteiger charge is 2.29. The highest BCUT2D eigenvalue weighted by atomic mass is 32.2. The maximum absolute atomic E-state index is 12.2. The molecule has 1 rings (SSSR count). The van der Waals surface area contributed by atoms with Gasteiger partial charge in [-0.25, -0.2) is 8.42 Å². The maximum atomic E-state index is 12.2. The van der Waals surface area contributed by atoms with Crippen LogP contribution in [0.25, 0.3) is 0 Å². The van der Waals surface area contributed by atoms with Crippen LogP contribution in [0.15, 0.2) is 29.2 Å². The highest BCUT2D eigenvalue weighted by Crippen LogP contribution is 2.15. The lowest BCUT2D eigenvalue weighted by molar-refractivity contribution is -0.140. The molecule has 0 saturated heterocycles. The molecule has 5 nitrogen and oxygen atoms in total. The van der Waals surface area contributed by atoms with Gasteiger partial charge < -0.3 is 5.11 Å². The summed E-state index contributed by atoms with van der Waals surface area (Å²) in [5.41, 5.74) is 1.03. The number of rotatable bonds is 7. The molecule has 0 aromatic heterocycles. The van der Waals surface area contributed by atoms with Crippen molar-refractivity contribution in [2.75, 3.05) is 0 Å². The fraction of sp³-hybridized carbons (Fsp3) is 0.500. The Kier molecular flexibility index (Phi) is 5.71. The van der Waals surface area contributed by atoms with E-state index >= 15 is 0 Å². The van der Waals surface area contributed by atoms with Crippen LogP contribution in [0.3, 0.4) is 0 Å². The first-order valence-electron chi connectivity index (χ1n) is 6.65. The van der Waals surface area contributed by atoms with Crippen molar-refractivity contribution in [3.63, 3.8) is 0 Å². The first kappa shape index (κ1) is 16.7. The topological polar surface area (TPSA) is 83.5 Å². The summed E-state index contributed by atoms with van der Waals surface area (Å²) in [5.74, 6) is -1.44. The third-order valence-electron chi connectivity index (χ3n) is 3.40. The van der Waals surface area contributed by atoms with Crippen LogP contribution in [-0.2, 0) is 21.2 Å². The van der Waals surface area contributed by atoms with Crippen LogP contribution < -0.4 is 4.72 Å². The number of nitrogens with one attached hydrogen (secondary N) is 1. The number of aliphatic carboxylic acids is 1. The second kappa shape index (κ2) is 6.85. The van der Waals surface area contributed by atoms with E-state index < -0.39 is 22.0 Å². The van der Waals surface area contributed by atoms with Crippen molar-refractivity contribution in [2.45, 2.75) is 44.6 Å². The second-order valence-electron chi connectivity index (χ2n) is 4.82. The van der Waals surface area contributed by atoms with Crippen LogP contribution in [0.4, 0.5) is 0 Å². The normalized spacial score (nSPS) is 14.8. The molecule has 0 aliphatic carbocycles. The van der Waals surface area contributed by atoms with E-state index in [1.807, 2.05) is 13.8 Å². The predicted octanol–water partition coefficient (Wildman–Crippen LogP) is 2.03.